The molecule has 0 unspecified atom stereocenters. The van der Waals surface area contributed by atoms with Gasteiger partial charge in [0.1, 0.15) is 0 Å². The van der Waals surface area contributed by atoms with Crippen LogP contribution in [0.5, 0.6) is 0 Å². The number of rotatable bonds is 5. The Labute approximate surface area is 87.1 Å². The van der Waals surface area contributed by atoms with Crippen molar-refractivity contribution in [2.75, 3.05) is 7.11 Å². The van der Waals surface area contributed by atoms with Crippen LogP contribution in [-0.4, -0.2) is 13.2 Å². The van der Waals surface area contributed by atoms with Crippen LogP contribution >= 0.6 is 0 Å². The van der Waals surface area contributed by atoms with Crippen molar-refractivity contribution in [1.29, 1.82) is 0 Å². The zero-order valence-corrected chi connectivity index (χ0v) is 9.36. The van der Waals surface area contributed by atoms with Gasteiger partial charge in [0.2, 0.25) is 0 Å². The zero-order valence-electron chi connectivity index (χ0n) is 9.36. The molecule has 1 rings (SSSR count). The average Bonchev–Trinajstić information content (AvgIpc) is 2.21. The fourth-order valence-corrected chi connectivity index (χ4v) is 1.92. The first kappa shape index (κ1) is 11.3. The molecule has 78 valence electrons. The van der Waals surface area contributed by atoms with Crippen molar-refractivity contribution < 1.29 is 4.74 Å². The molecule has 0 bridgehead atoms. The van der Waals surface area contributed by atoms with E-state index in [9.17, 15) is 0 Å². The van der Waals surface area contributed by atoms with Crippen LogP contribution in [0.4, 0.5) is 0 Å². The third-order valence-electron chi connectivity index (χ3n) is 2.74. The molecule has 0 saturated heterocycles. The molecule has 1 aromatic carbocycles. The van der Waals surface area contributed by atoms with Crippen LogP contribution in [0, 0.1) is 5.92 Å². The molecule has 1 nitrogen and oxygen atoms in total. The Balaban J connectivity index is 2.52. The summed E-state index contributed by atoms with van der Waals surface area (Å²) in [6.07, 6.45) is 2.58. The summed E-state index contributed by atoms with van der Waals surface area (Å²) in [5.74, 6) is 0.590. The molecule has 0 heterocycles. The highest BCUT2D eigenvalue weighted by Gasteiger charge is 2.14. The summed E-state index contributed by atoms with van der Waals surface area (Å²) in [4.78, 5) is 0. The molecular weight excluding hydrogens is 172 g/mol. The lowest BCUT2D eigenvalue weighted by Gasteiger charge is -2.21. The first-order valence-corrected chi connectivity index (χ1v) is 5.34. The molecule has 2 atom stereocenters. The maximum atomic E-state index is 5.43. The van der Waals surface area contributed by atoms with Crippen LogP contribution in [0.2, 0.25) is 0 Å². The number of hydrogen-bond acceptors (Lipinski definition) is 1. The van der Waals surface area contributed by atoms with Crippen LogP contribution in [0.25, 0.3) is 0 Å². The molecule has 0 aliphatic rings. The van der Waals surface area contributed by atoms with Gasteiger partial charge in [-0.05, 0) is 24.3 Å². The van der Waals surface area contributed by atoms with Gasteiger partial charge in [-0.25, -0.2) is 0 Å². The SMILES string of the molecule is CC[C@@H](OC)[C@@H](C)Cc1ccccc1. The lowest BCUT2D eigenvalue weighted by molar-refractivity contribution is 0.0557. The van der Waals surface area contributed by atoms with Crippen molar-refractivity contribution in [1.82, 2.24) is 0 Å². The van der Waals surface area contributed by atoms with Gasteiger partial charge in [0, 0.05) is 7.11 Å². The Morgan fingerprint density at radius 3 is 2.36 bits per heavy atom. The lowest BCUT2D eigenvalue weighted by Crippen LogP contribution is -2.21. The Morgan fingerprint density at radius 1 is 1.21 bits per heavy atom. The highest BCUT2D eigenvalue weighted by Crippen LogP contribution is 2.16. The summed E-state index contributed by atoms with van der Waals surface area (Å²) >= 11 is 0. The molecule has 0 saturated carbocycles. The predicted molar refractivity (Wildman–Crippen MR) is 60.4 cm³/mol. The van der Waals surface area contributed by atoms with Crippen molar-refractivity contribution in [3.05, 3.63) is 35.9 Å². The van der Waals surface area contributed by atoms with Crippen LogP contribution in [0.15, 0.2) is 30.3 Å². The van der Waals surface area contributed by atoms with Crippen molar-refractivity contribution in [2.45, 2.75) is 32.8 Å². The number of methoxy groups -OCH3 is 1. The van der Waals surface area contributed by atoms with E-state index < -0.39 is 0 Å². The second kappa shape index (κ2) is 5.82. The van der Waals surface area contributed by atoms with Crippen LogP contribution in [-0.2, 0) is 11.2 Å². The molecule has 0 aliphatic heterocycles. The maximum Gasteiger partial charge on any atom is 0.0597 e. The standard InChI is InChI=1S/C13H20O/c1-4-13(14-3)11(2)10-12-8-6-5-7-9-12/h5-9,11,13H,4,10H2,1-3H3/t11-,13+/m0/s1. The number of benzene rings is 1. The van der Waals surface area contributed by atoms with Gasteiger partial charge in [-0.1, -0.05) is 44.2 Å². The van der Waals surface area contributed by atoms with E-state index in [1.54, 1.807) is 7.11 Å². The third-order valence-corrected chi connectivity index (χ3v) is 2.74. The Hall–Kier alpha value is -0.820. The normalized spacial score (nSPS) is 15.1. The molecule has 0 amide bonds. The minimum Gasteiger partial charge on any atom is -0.381 e. The summed E-state index contributed by atoms with van der Waals surface area (Å²) in [5, 5.41) is 0. The quantitative estimate of drug-likeness (QED) is 0.695. The second-order valence-electron chi connectivity index (χ2n) is 3.85. The van der Waals surface area contributed by atoms with Gasteiger partial charge in [0.15, 0.2) is 0 Å². The van der Waals surface area contributed by atoms with E-state index in [-0.39, 0.29) is 0 Å². The summed E-state index contributed by atoms with van der Waals surface area (Å²) < 4.78 is 5.43. The van der Waals surface area contributed by atoms with Crippen molar-refractivity contribution in [3.8, 4) is 0 Å². The highest BCUT2D eigenvalue weighted by atomic mass is 16.5. The number of hydrogen-bond donors (Lipinski definition) is 0. The van der Waals surface area contributed by atoms with Gasteiger partial charge in [-0.15, -0.1) is 0 Å². The summed E-state index contributed by atoms with van der Waals surface area (Å²) in [6, 6.07) is 10.6. The maximum absolute atomic E-state index is 5.43. The molecule has 0 fully saturated rings. The zero-order chi connectivity index (χ0) is 10.4. The molecule has 0 spiro atoms. The van der Waals surface area contributed by atoms with Gasteiger partial charge >= 0.3 is 0 Å². The predicted octanol–water partition coefficient (Wildman–Crippen LogP) is 3.29. The van der Waals surface area contributed by atoms with Crippen LogP contribution < -0.4 is 0 Å². The lowest BCUT2D eigenvalue weighted by atomic mass is 9.94. The first-order chi connectivity index (χ1) is 6.77. The minimum atomic E-state index is 0.384. The minimum absolute atomic E-state index is 0.384. The Kier molecular flexibility index (Phi) is 4.68. The molecular formula is C13H20O. The van der Waals surface area contributed by atoms with Gasteiger partial charge in [0.25, 0.3) is 0 Å². The van der Waals surface area contributed by atoms with E-state index in [1.807, 2.05) is 0 Å². The van der Waals surface area contributed by atoms with Gasteiger partial charge < -0.3 is 4.74 Å². The molecule has 0 aliphatic carbocycles. The van der Waals surface area contributed by atoms with Crippen molar-refractivity contribution in [2.24, 2.45) is 5.92 Å². The van der Waals surface area contributed by atoms with E-state index in [2.05, 4.69) is 44.2 Å². The summed E-state index contributed by atoms with van der Waals surface area (Å²) in [6.45, 7) is 4.43. The van der Waals surface area contributed by atoms with E-state index in [0.717, 1.165) is 12.8 Å². The Morgan fingerprint density at radius 2 is 1.86 bits per heavy atom. The van der Waals surface area contributed by atoms with Gasteiger partial charge in [-0.3, -0.25) is 0 Å². The van der Waals surface area contributed by atoms with E-state index in [4.69, 9.17) is 4.74 Å². The topological polar surface area (TPSA) is 9.23 Å². The summed E-state index contributed by atoms with van der Waals surface area (Å²) in [7, 11) is 1.80. The summed E-state index contributed by atoms with van der Waals surface area (Å²) in [5.41, 5.74) is 1.40. The van der Waals surface area contributed by atoms with Gasteiger partial charge in [0.05, 0.1) is 6.10 Å². The molecule has 0 N–H and O–H groups in total. The van der Waals surface area contributed by atoms with Crippen molar-refractivity contribution in [3.63, 3.8) is 0 Å². The molecule has 1 aromatic rings. The Bertz CT molecular complexity index is 239. The van der Waals surface area contributed by atoms with Gasteiger partial charge in [-0.2, -0.15) is 0 Å². The molecule has 0 radical (unpaired) electrons. The second-order valence-corrected chi connectivity index (χ2v) is 3.85. The smallest absolute Gasteiger partial charge is 0.0597 e. The first-order valence-electron chi connectivity index (χ1n) is 5.34. The van der Waals surface area contributed by atoms with E-state index in [1.165, 1.54) is 5.56 Å². The molecule has 0 aromatic heterocycles. The largest absolute Gasteiger partial charge is 0.381 e. The van der Waals surface area contributed by atoms with E-state index >= 15 is 0 Å². The van der Waals surface area contributed by atoms with Crippen LogP contribution in [0.3, 0.4) is 0 Å². The number of ether oxygens (including phenoxy) is 1. The fourth-order valence-electron chi connectivity index (χ4n) is 1.92. The van der Waals surface area contributed by atoms with Crippen LogP contribution in [0.1, 0.15) is 25.8 Å². The van der Waals surface area contributed by atoms with Crippen molar-refractivity contribution >= 4 is 0 Å². The highest BCUT2D eigenvalue weighted by molar-refractivity contribution is 5.15. The molecule has 1 heteroatoms. The monoisotopic (exact) mass is 192 g/mol. The molecule has 14 heavy (non-hydrogen) atoms. The van der Waals surface area contributed by atoms with E-state index in [0.29, 0.717) is 12.0 Å². The third kappa shape index (κ3) is 3.15. The fraction of sp³-hybridized carbons (Fsp3) is 0.538. The average molecular weight is 192 g/mol.